The monoisotopic (exact) mass is 331 g/mol. The Morgan fingerprint density at radius 3 is 2.39 bits per heavy atom. The first-order valence-electron chi connectivity index (χ1n) is 6.19. The normalized spacial score (nSPS) is 15.5. The Morgan fingerprint density at radius 2 is 1.94 bits per heavy atom. The van der Waals surface area contributed by atoms with Crippen molar-refractivity contribution in [3.63, 3.8) is 0 Å². The van der Waals surface area contributed by atoms with Crippen molar-refractivity contribution in [1.82, 2.24) is 4.72 Å². The Bertz CT molecular complexity index is 383. The summed E-state index contributed by atoms with van der Waals surface area (Å²) >= 11 is 2.47. The number of halogens is 1. The van der Waals surface area contributed by atoms with Gasteiger partial charge in [-0.1, -0.05) is 28.9 Å². The van der Waals surface area contributed by atoms with E-state index >= 15 is 0 Å². The van der Waals surface area contributed by atoms with Gasteiger partial charge in [-0.05, 0) is 57.4 Å². The quantitative estimate of drug-likeness (QED) is 0.836. The molecule has 1 unspecified atom stereocenters. The highest BCUT2D eigenvalue weighted by molar-refractivity contribution is 9.10. The average Bonchev–Trinajstić information content (AvgIpc) is 2.22. The van der Waals surface area contributed by atoms with Gasteiger partial charge in [0.1, 0.15) is 4.75 Å². The minimum absolute atomic E-state index is 0.126. The van der Waals surface area contributed by atoms with Gasteiger partial charge >= 0.3 is 0 Å². The summed E-state index contributed by atoms with van der Waals surface area (Å²) in [5, 5.41) is 0. The largest absolute Gasteiger partial charge is 0.598 e. The number of rotatable bonds is 4. The van der Waals surface area contributed by atoms with Crippen molar-refractivity contribution >= 4 is 27.3 Å². The van der Waals surface area contributed by atoms with Gasteiger partial charge in [0.15, 0.2) is 0 Å². The Balaban J connectivity index is 2.89. The second-order valence-electron chi connectivity index (χ2n) is 5.52. The number of hydrogen-bond acceptors (Lipinski definition) is 2. The number of benzene rings is 1. The van der Waals surface area contributed by atoms with E-state index in [2.05, 4.69) is 52.7 Å². The second kappa shape index (κ2) is 6.42. The van der Waals surface area contributed by atoms with Crippen LogP contribution in [0.15, 0.2) is 22.7 Å². The predicted molar refractivity (Wildman–Crippen MR) is 82.9 cm³/mol. The van der Waals surface area contributed by atoms with Gasteiger partial charge < -0.3 is 4.55 Å². The molecule has 0 aliphatic rings. The molecule has 0 fully saturated rings. The van der Waals surface area contributed by atoms with Crippen LogP contribution < -0.4 is 4.72 Å². The Hall–Kier alpha value is -0.0300. The molecule has 1 aromatic carbocycles. The smallest absolute Gasteiger partial charge is 0.136 e. The molecular weight excluding hydrogens is 310 g/mol. The van der Waals surface area contributed by atoms with E-state index in [1.807, 2.05) is 20.8 Å². The van der Waals surface area contributed by atoms with Crippen LogP contribution in [0.5, 0.6) is 0 Å². The third kappa shape index (κ3) is 4.57. The van der Waals surface area contributed by atoms with E-state index in [1.165, 1.54) is 11.1 Å². The van der Waals surface area contributed by atoms with Gasteiger partial charge in [0.2, 0.25) is 0 Å². The molecule has 2 nitrogen and oxygen atoms in total. The van der Waals surface area contributed by atoms with Crippen molar-refractivity contribution in [2.75, 3.05) is 0 Å². The molecule has 0 aliphatic heterocycles. The average molecular weight is 332 g/mol. The van der Waals surface area contributed by atoms with Crippen LogP contribution in [-0.4, -0.2) is 9.30 Å². The molecule has 0 heterocycles. The lowest BCUT2D eigenvalue weighted by atomic mass is 10.0. The Morgan fingerprint density at radius 1 is 1.33 bits per heavy atom. The molecule has 0 amide bonds. The minimum atomic E-state index is -1.05. The molecule has 102 valence electrons. The van der Waals surface area contributed by atoms with Crippen LogP contribution in [0.3, 0.4) is 0 Å². The summed E-state index contributed by atoms with van der Waals surface area (Å²) in [4.78, 5) is 0. The van der Waals surface area contributed by atoms with Gasteiger partial charge in [0.25, 0.3) is 0 Å². The third-order valence-electron chi connectivity index (χ3n) is 2.68. The van der Waals surface area contributed by atoms with Crippen molar-refractivity contribution in [2.45, 2.75) is 51.8 Å². The zero-order valence-corrected chi connectivity index (χ0v) is 14.1. The number of hydrogen-bond donors (Lipinski definition) is 1. The molecule has 1 aromatic rings. The zero-order chi connectivity index (χ0) is 13.9. The highest BCUT2D eigenvalue weighted by Gasteiger charge is 2.29. The zero-order valence-electron chi connectivity index (χ0n) is 11.7. The molecular formula is C14H22BrNOS. The summed E-state index contributed by atoms with van der Waals surface area (Å²) in [6.45, 7) is 10.1. The fourth-order valence-electron chi connectivity index (χ4n) is 1.66. The van der Waals surface area contributed by atoms with Crippen molar-refractivity contribution in [1.29, 1.82) is 0 Å². The maximum Gasteiger partial charge on any atom is 0.136 e. The minimum Gasteiger partial charge on any atom is -0.598 e. The molecule has 0 radical (unpaired) electrons. The molecule has 1 rings (SSSR count). The van der Waals surface area contributed by atoms with Crippen molar-refractivity contribution in [2.24, 2.45) is 0 Å². The lowest BCUT2D eigenvalue weighted by Crippen LogP contribution is -2.41. The summed E-state index contributed by atoms with van der Waals surface area (Å²) < 4.78 is 16.2. The summed E-state index contributed by atoms with van der Waals surface area (Å²) in [6, 6.07) is 6.44. The van der Waals surface area contributed by atoms with Gasteiger partial charge in [-0.2, -0.15) is 0 Å². The first kappa shape index (κ1) is 16.0. The van der Waals surface area contributed by atoms with Gasteiger partial charge in [0.05, 0.1) is 6.04 Å². The molecule has 0 spiro atoms. The lowest BCUT2D eigenvalue weighted by Gasteiger charge is -2.28. The maximum atomic E-state index is 12.2. The highest BCUT2D eigenvalue weighted by Crippen LogP contribution is 2.25. The molecule has 0 aliphatic carbocycles. The number of nitrogens with one attached hydrogen (secondary N) is 1. The fraction of sp³-hybridized carbons (Fsp3) is 0.571. The van der Waals surface area contributed by atoms with Gasteiger partial charge in [0, 0.05) is 15.8 Å². The third-order valence-corrected chi connectivity index (χ3v) is 4.75. The molecule has 4 heteroatoms. The standard InChI is InChI=1S/C14H22BrNOS/c1-6-13(16-18(17)14(3,4)5)11-7-10(2)8-12(15)9-11/h7-9,13,16H,6H2,1-5H3/t13?,18-/m0/s1. The Labute approximate surface area is 122 Å². The predicted octanol–water partition coefficient (Wildman–Crippen LogP) is 4.26. The summed E-state index contributed by atoms with van der Waals surface area (Å²) in [5.41, 5.74) is 2.39. The summed E-state index contributed by atoms with van der Waals surface area (Å²) in [5.74, 6) is 0. The van der Waals surface area contributed by atoms with E-state index in [0.717, 1.165) is 10.9 Å². The second-order valence-corrected chi connectivity index (χ2v) is 8.44. The SMILES string of the molecule is CCC(N[S@@+]([O-])C(C)(C)C)c1cc(C)cc(Br)c1. The van der Waals surface area contributed by atoms with Crippen molar-refractivity contribution in [3.8, 4) is 0 Å². The molecule has 0 aromatic heterocycles. The molecule has 0 bridgehead atoms. The molecule has 0 saturated heterocycles. The maximum absolute atomic E-state index is 12.2. The van der Waals surface area contributed by atoms with Crippen molar-refractivity contribution < 1.29 is 4.55 Å². The van der Waals surface area contributed by atoms with Gasteiger partial charge in [-0.15, -0.1) is 4.72 Å². The van der Waals surface area contributed by atoms with E-state index in [-0.39, 0.29) is 10.8 Å². The van der Waals surface area contributed by atoms with E-state index in [9.17, 15) is 4.55 Å². The first-order chi connectivity index (χ1) is 8.24. The molecule has 18 heavy (non-hydrogen) atoms. The van der Waals surface area contributed by atoms with Crippen LogP contribution in [0.2, 0.25) is 0 Å². The van der Waals surface area contributed by atoms with Crippen LogP contribution >= 0.6 is 15.9 Å². The van der Waals surface area contributed by atoms with Crippen LogP contribution in [0.25, 0.3) is 0 Å². The van der Waals surface area contributed by atoms with E-state index in [1.54, 1.807) is 0 Å². The van der Waals surface area contributed by atoms with Crippen LogP contribution in [0.4, 0.5) is 0 Å². The lowest BCUT2D eigenvalue weighted by molar-refractivity contribution is 0.518. The highest BCUT2D eigenvalue weighted by atomic mass is 79.9. The first-order valence-corrected chi connectivity index (χ1v) is 8.13. The van der Waals surface area contributed by atoms with Crippen molar-refractivity contribution in [3.05, 3.63) is 33.8 Å². The number of aryl methyl sites for hydroxylation is 1. The van der Waals surface area contributed by atoms with Gasteiger partial charge in [-0.25, -0.2) is 0 Å². The van der Waals surface area contributed by atoms with Crippen LogP contribution in [0, 0.1) is 6.92 Å². The van der Waals surface area contributed by atoms with Crippen LogP contribution in [-0.2, 0) is 11.4 Å². The van der Waals surface area contributed by atoms with Gasteiger partial charge in [-0.3, -0.25) is 0 Å². The van der Waals surface area contributed by atoms with E-state index in [4.69, 9.17) is 0 Å². The summed E-state index contributed by atoms with van der Waals surface area (Å²) in [6.07, 6.45) is 0.914. The Kier molecular flexibility index (Phi) is 5.71. The molecule has 2 atom stereocenters. The van der Waals surface area contributed by atoms with E-state index in [0.29, 0.717) is 0 Å². The fourth-order valence-corrected chi connectivity index (χ4v) is 3.20. The molecule has 1 N–H and O–H groups in total. The van der Waals surface area contributed by atoms with E-state index < -0.39 is 11.4 Å². The molecule has 0 saturated carbocycles. The van der Waals surface area contributed by atoms with Crippen LogP contribution in [0.1, 0.15) is 51.3 Å². The summed E-state index contributed by atoms with van der Waals surface area (Å²) in [7, 11) is 0. The topological polar surface area (TPSA) is 35.1 Å².